The second-order valence-corrected chi connectivity index (χ2v) is 11.5. The molecule has 0 N–H and O–H groups in total. The van der Waals surface area contributed by atoms with Gasteiger partial charge in [-0.15, -0.1) is 0 Å². The van der Waals surface area contributed by atoms with E-state index in [-0.39, 0.29) is 11.3 Å². The lowest BCUT2D eigenvalue weighted by molar-refractivity contribution is -0.123. The Balaban J connectivity index is 1.57. The first-order valence-corrected chi connectivity index (χ1v) is 13.8. The van der Waals surface area contributed by atoms with E-state index in [2.05, 4.69) is 119 Å². The fraction of sp³-hybridized carbons (Fsp3) is 0.361. The van der Waals surface area contributed by atoms with Gasteiger partial charge in [0.1, 0.15) is 5.78 Å². The zero-order chi connectivity index (χ0) is 26.7. The summed E-state index contributed by atoms with van der Waals surface area (Å²) in [5, 5.41) is 0. The summed E-state index contributed by atoms with van der Waals surface area (Å²) in [4.78, 5) is 13.3. The predicted molar refractivity (Wildman–Crippen MR) is 161 cm³/mol. The van der Waals surface area contributed by atoms with Crippen molar-refractivity contribution in [3.05, 3.63) is 119 Å². The molecule has 0 bridgehead atoms. The van der Waals surface area contributed by atoms with E-state index < -0.39 is 0 Å². The maximum absolute atomic E-state index is 13.3. The van der Waals surface area contributed by atoms with Gasteiger partial charge >= 0.3 is 0 Å². The van der Waals surface area contributed by atoms with E-state index >= 15 is 0 Å². The largest absolute Gasteiger partial charge is 0.299 e. The van der Waals surface area contributed by atoms with Crippen LogP contribution in [0.15, 0.2) is 91.0 Å². The summed E-state index contributed by atoms with van der Waals surface area (Å²) in [7, 11) is 0. The van der Waals surface area contributed by atoms with Crippen molar-refractivity contribution in [3.8, 4) is 0 Å². The molecule has 3 rings (SSSR count). The maximum Gasteiger partial charge on any atom is 0.136 e. The summed E-state index contributed by atoms with van der Waals surface area (Å²) >= 11 is 0. The Bertz CT molecular complexity index is 1140. The first kappa shape index (κ1) is 28.4. The lowest BCUT2D eigenvalue weighted by Crippen LogP contribution is -2.18. The molecule has 1 atom stereocenters. The minimum Gasteiger partial charge on any atom is -0.299 e. The summed E-state index contributed by atoms with van der Waals surface area (Å²) < 4.78 is 0. The third-order valence-electron chi connectivity index (χ3n) is 6.90. The molecule has 0 radical (unpaired) electrons. The van der Waals surface area contributed by atoms with Crippen LogP contribution in [0, 0.1) is 11.3 Å². The Morgan fingerprint density at radius 2 is 1.35 bits per heavy atom. The zero-order valence-electron chi connectivity index (χ0n) is 23.3. The van der Waals surface area contributed by atoms with Crippen molar-refractivity contribution in [2.75, 3.05) is 0 Å². The molecule has 0 saturated carbocycles. The monoisotopic (exact) mass is 492 g/mol. The maximum atomic E-state index is 13.3. The number of rotatable bonds is 13. The molecule has 0 amide bonds. The van der Waals surface area contributed by atoms with Crippen LogP contribution < -0.4 is 0 Å². The highest BCUT2D eigenvalue weighted by molar-refractivity contribution is 5.81. The van der Waals surface area contributed by atoms with E-state index in [4.69, 9.17) is 0 Å². The molecule has 3 aromatic carbocycles. The highest BCUT2D eigenvalue weighted by Gasteiger charge is 2.20. The molecule has 0 spiro atoms. The van der Waals surface area contributed by atoms with Crippen LogP contribution in [0.4, 0.5) is 0 Å². The van der Waals surface area contributed by atoms with E-state index in [1.807, 2.05) is 6.07 Å². The molecule has 0 fully saturated rings. The minimum atomic E-state index is 0.0421. The number of carbonyl (C=O) groups is 1. The third kappa shape index (κ3) is 10.4. The smallest absolute Gasteiger partial charge is 0.136 e. The van der Waals surface area contributed by atoms with E-state index in [1.54, 1.807) is 0 Å². The first-order valence-electron chi connectivity index (χ1n) is 13.8. The van der Waals surface area contributed by atoms with E-state index in [1.165, 1.54) is 33.4 Å². The normalized spacial score (nSPS) is 12.5. The standard InChI is InChI=1S/C36H44O/c1-6-29-13-15-30(16-14-29)17-18-31-19-21-32(22-20-31)23-25-35(37)34(26-33-10-8-7-9-11-33)24-12-28(2)27-36(3,4)5/h7-11,13-22,34H,2,6,12,23-27H2,1,3-5H3/b18-17+/t34-/m0/s1. The van der Waals surface area contributed by atoms with Crippen molar-refractivity contribution < 1.29 is 4.79 Å². The predicted octanol–water partition coefficient (Wildman–Crippen LogP) is 9.55. The van der Waals surface area contributed by atoms with Crippen molar-refractivity contribution in [1.29, 1.82) is 0 Å². The average molecular weight is 493 g/mol. The molecule has 0 heterocycles. The van der Waals surface area contributed by atoms with Crippen LogP contribution in [0.1, 0.15) is 81.2 Å². The summed E-state index contributed by atoms with van der Waals surface area (Å²) in [6.45, 7) is 13.2. The van der Waals surface area contributed by atoms with Gasteiger partial charge in [-0.2, -0.15) is 0 Å². The number of allylic oxidation sites excluding steroid dienone is 1. The van der Waals surface area contributed by atoms with Gasteiger partial charge in [0.25, 0.3) is 0 Å². The summed E-state index contributed by atoms with van der Waals surface area (Å²) in [5.41, 5.74) is 7.68. The van der Waals surface area contributed by atoms with Crippen LogP contribution in [0.3, 0.4) is 0 Å². The second-order valence-electron chi connectivity index (χ2n) is 11.5. The van der Waals surface area contributed by atoms with Crippen molar-refractivity contribution in [2.45, 2.75) is 72.6 Å². The fourth-order valence-electron chi connectivity index (χ4n) is 4.82. The molecule has 0 saturated heterocycles. The zero-order valence-corrected chi connectivity index (χ0v) is 23.3. The number of ketones is 1. The molecular weight excluding hydrogens is 448 g/mol. The molecule has 0 aliphatic rings. The van der Waals surface area contributed by atoms with Gasteiger partial charge in [0, 0.05) is 12.3 Å². The van der Waals surface area contributed by atoms with Crippen LogP contribution >= 0.6 is 0 Å². The van der Waals surface area contributed by atoms with Crippen molar-refractivity contribution >= 4 is 17.9 Å². The molecule has 0 aliphatic carbocycles. The van der Waals surface area contributed by atoms with Gasteiger partial charge in [0.15, 0.2) is 0 Å². The summed E-state index contributed by atoms with van der Waals surface area (Å²) in [6, 6.07) is 27.7. The quantitative estimate of drug-likeness (QED) is 0.171. The molecule has 1 heteroatoms. The van der Waals surface area contributed by atoms with E-state index in [0.717, 1.165) is 38.5 Å². The van der Waals surface area contributed by atoms with Crippen molar-refractivity contribution in [2.24, 2.45) is 11.3 Å². The van der Waals surface area contributed by atoms with Gasteiger partial charge in [-0.05, 0) is 71.8 Å². The van der Waals surface area contributed by atoms with E-state index in [9.17, 15) is 4.79 Å². The Hall–Kier alpha value is -3.19. The number of hydrogen-bond acceptors (Lipinski definition) is 1. The number of carbonyl (C=O) groups excluding carboxylic acids is 1. The molecule has 0 aromatic heterocycles. The number of benzene rings is 3. The van der Waals surface area contributed by atoms with Crippen molar-refractivity contribution in [3.63, 3.8) is 0 Å². The van der Waals surface area contributed by atoms with Gasteiger partial charge in [-0.3, -0.25) is 4.79 Å². The van der Waals surface area contributed by atoms with E-state index in [0.29, 0.717) is 12.2 Å². The molecule has 0 aliphatic heterocycles. The molecule has 1 nitrogen and oxygen atoms in total. The summed E-state index contributed by atoms with van der Waals surface area (Å²) in [5.74, 6) is 0.410. The lowest BCUT2D eigenvalue weighted by Gasteiger charge is -2.22. The van der Waals surface area contributed by atoms with Gasteiger partial charge in [0.05, 0.1) is 0 Å². The average Bonchev–Trinajstić information content (AvgIpc) is 2.89. The van der Waals surface area contributed by atoms with Gasteiger partial charge in [-0.1, -0.05) is 131 Å². The number of aryl methyl sites for hydroxylation is 2. The van der Waals surface area contributed by atoms with Crippen molar-refractivity contribution in [1.82, 2.24) is 0 Å². The second kappa shape index (κ2) is 13.9. The minimum absolute atomic E-state index is 0.0421. The van der Waals surface area contributed by atoms with Gasteiger partial charge in [-0.25, -0.2) is 0 Å². The topological polar surface area (TPSA) is 17.1 Å². The van der Waals surface area contributed by atoms with Crippen LogP contribution in [-0.2, 0) is 24.1 Å². The molecule has 0 unspecified atom stereocenters. The van der Waals surface area contributed by atoms with Crippen LogP contribution in [0.25, 0.3) is 12.2 Å². The van der Waals surface area contributed by atoms with Gasteiger partial charge < -0.3 is 0 Å². The number of Topliss-reactive ketones (excluding diaryl/α,β-unsaturated/α-hetero) is 1. The Labute approximate surface area is 225 Å². The Kier molecular flexibility index (Phi) is 10.7. The molecular formula is C36H44O. The van der Waals surface area contributed by atoms with Crippen LogP contribution in [0.2, 0.25) is 0 Å². The first-order chi connectivity index (χ1) is 17.7. The fourth-order valence-corrected chi connectivity index (χ4v) is 4.82. The van der Waals surface area contributed by atoms with Gasteiger partial charge in [0.2, 0.25) is 0 Å². The Morgan fingerprint density at radius 3 is 1.89 bits per heavy atom. The Morgan fingerprint density at radius 1 is 0.784 bits per heavy atom. The highest BCUT2D eigenvalue weighted by atomic mass is 16.1. The third-order valence-corrected chi connectivity index (χ3v) is 6.90. The molecule has 37 heavy (non-hydrogen) atoms. The number of hydrogen-bond donors (Lipinski definition) is 0. The van der Waals surface area contributed by atoms with Crippen LogP contribution in [-0.4, -0.2) is 5.78 Å². The highest BCUT2D eigenvalue weighted by Crippen LogP contribution is 2.28. The SMILES string of the molecule is C=C(CC[C@@H](Cc1ccccc1)C(=O)CCc1ccc(/C=C/c2ccc(CC)cc2)cc1)CC(C)(C)C. The summed E-state index contributed by atoms with van der Waals surface area (Å²) in [6.07, 6.45) is 10.4. The van der Waals surface area contributed by atoms with Crippen LogP contribution in [0.5, 0.6) is 0 Å². The lowest BCUT2D eigenvalue weighted by atomic mass is 9.83. The molecule has 194 valence electrons. The molecule has 3 aromatic rings.